The normalized spacial score (nSPS) is 17.8. The van der Waals surface area contributed by atoms with Crippen LogP contribution in [0.25, 0.3) is 0 Å². The van der Waals surface area contributed by atoms with E-state index in [1.54, 1.807) is 11.8 Å². The number of anilines is 3. The third kappa shape index (κ3) is 5.22. The molecule has 3 aromatic rings. The van der Waals surface area contributed by atoms with E-state index in [0.29, 0.717) is 5.69 Å². The smallest absolute Gasteiger partial charge is 0.325 e. The van der Waals surface area contributed by atoms with Gasteiger partial charge in [0.25, 0.3) is 0 Å². The minimum Gasteiger partial charge on any atom is -0.325 e. The van der Waals surface area contributed by atoms with Crippen molar-refractivity contribution in [3.05, 3.63) is 102 Å². The van der Waals surface area contributed by atoms with Crippen molar-refractivity contribution < 1.29 is 9.59 Å². The van der Waals surface area contributed by atoms with Crippen molar-refractivity contribution >= 4 is 52.5 Å². The van der Waals surface area contributed by atoms with E-state index in [9.17, 15) is 9.59 Å². The minimum atomic E-state index is -0.174. The molecular formula is C29H27N3O2S2. The molecule has 7 heteroatoms. The van der Waals surface area contributed by atoms with Crippen LogP contribution in [0.4, 0.5) is 21.9 Å². The monoisotopic (exact) mass is 513 g/mol. The number of hydrogen-bond acceptors (Lipinski definition) is 4. The maximum Gasteiger partial charge on any atom is 0.326 e. The molecule has 0 saturated heterocycles. The van der Waals surface area contributed by atoms with Crippen LogP contribution in [0.15, 0.2) is 101 Å². The van der Waals surface area contributed by atoms with Gasteiger partial charge in [-0.2, -0.15) is 0 Å². The molecule has 0 fully saturated rings. The summed E-state index contributed by atoms with van der Waals surface area (Å²) in [5, 5.41) is 6.24. The van der Waals surface area contributed by atoms with Crippen LogP contribution in [0.3, 0.4) is 0 Å². The second-order valence-corrected chi connectivity index (χ2v) is 11.0. The molecule has 0 radical (unpaired) electrons. The average molecular weight is 514 g/mol. The lowest BCUT2D eigenvalue weighted by molar-refractivity contribution is -0.113. The predicted molar refractivity (Wildman–Crippen MR) is 151 cm³/mol. The first-order valence-corrected chi connectivity index (χ1v) is 13.7. The Labute approximate surface area is 220 Å². The molecule has 2 atom stereocenters. The molecule has 1 aliphatic carbocycles. The minimum absolute atomic E-state index is 0.0544. The van der Waals surface area contributed by atoms with Crippen molar-refractivity contribution in [3.63, 3.8) is 0 Å². The van der Waals surface area contributed by atoms with Crippen LogP contribution in [0.5, 0.6) is 0 Å². The highest BCUT2D eigenvalue weighted by molar-refractivity contribution is 8.00. The molecule has 0 spiro atoms. The Bertz CT molecular complexity index is 1370. The molecule has 0 aromatic heterocycles. The van der Waals surface area contributed by atoms with Crippen molar-refractivity contribution in [1.29, 1.82) is 0 Å². The maximum absolute atomic E-state index is 13.5. The van der Waals surface area contributed by atoms with E-state index < -0.39 is 0 Å². The first-order chi connectivity index (χ1) is 17.5. The zero-order valence-electron chi connectivity index (χ0n) is 20.1. The molecule has 5 nitrogen and oxygen atoms in total. The van der Waals surface area contributed by atoms with Gasteiger partial charge in [-0.25, -0.2) is 4.79 Å². The number of fused-ring (bicyclic) bond motifs is 2. The summed E-state index contributed by atoms with van der Waals surface area (Å²) in [5.41, 5.74) is 4.66. The fourth-order valence-corrected chi connectivity index (χ4v) is 6.31. The molecule has 3 amide bonds. The largest absolute Gasteiger partial charge is 0.326 e. The fraction of sp³-hybridized carbons (Fsp3) is 0.172. The van der Waals surface area contributed by atoms with Crippen molar-refractivity contribution in [1.82, 2.24) is 0 Å². The van der Waals surface area contributed by atoms with Gasteiger partial charge in [-0.05, 0) is 61.4 Å². The Kier molecular flexibility index (Phi) is 7.20. The molecule has 182 valence electrons. The molecule has 2 unspecified atom stereocenters. The standard InChI is InChI=1S/C29H27N3O2S2/c1-19-9-7-12-23(20(19)2)31-28(33)18-35-22-11-8-10-21(17-22)30-29(34)32-24-13-3-5-15-26(24)36-27-16-6-4-14-25(27)32/h3-17,24,26H,18H2,1-2H3,(H,30,34)(H,31,33). The van der Waals surface area contributed by atoms with E-state index in [0.717, 1.165) is 32.3 Å². The van der Waals surface area contributed by atoms with Crippen molar-refractivity contribution in [3.8, 4) is 0 Å². The van der Waals surface area contributed by atoms with E-state index >= 15 is 0 Å². The summed E-state index contributed by atoms with van der Waals surface area (Å²) in [6.45, 7) is 4.04. The number of thioether (sulfide) groups is 2. The van der Waals surface area contributed by atoms with Crippen LogP contribution in [-0.4, -0.2) is 29.0 Å². The summed E-state index contributed by atoms with van der Waals surface area (Å²) in [5.74, 6) is 0.219. The van der Waals surface area contributed by atoms with Crippen LogP contribution >= 0.6 is 23.5 Å². The maximum atomic E-state index is 13.5. The van der Waals surface area contributed by atoms with Crippen molar-refractivity contribution in [2.24, 2.45) is 0 Å². The van der Waals surface area contributed by atoms with E-state index in [1.807, 2.05) is 91.6 Å². The van der Waals surface area contributed by atoms with Crippen molar-refractivity contribution in [2.75, 3.05) is 21.3 Å². The number of hydrogen-bond donors (Lipinski definition) is 2. The Morgan fingerprint density at radius 2 is 1.75 bits per heavy atom. The van der Waals surface area contributed by atoms with Crippen molar-refractivity contribution in [2.45, 2.75) is 34.9 Å². The SMILES string of the molecule is Cc1cccc(NC(=O)CSc2cccc(NC(=O)N3c4ccccc4SC4C=CC=CC43)c2)c1C. The van der Waals surface area contributed by atoms with Gasteiger partial charge >= 0.3 is 6.03 Å². The number of nitrogens with zero attached hydrogens (tertiary/aromatic N) is 1. The van der Waals surface area contributed by atoms with E-state index in [2.05, 4.69) is 28.9 Å². The zero-order valence-corrected chi connectivity index (χ0v) is 21.7. The molecule has 2 aliphatic rings. The Morgan fingerprint density at radius 3 is 2.64 bits per heavy atom. The highest BCUT2D eigenvalue weighted by atomic mass is 32.2. The second-order valence-electron chi connectivity index (χ2n) is 8.72. The Hall–Kier alpha value is -3.42. The number of para-hydroxylation sites is 1. The van der Waals surface area contributed by atoms with Gasteiger partial charge in [-0.15, -0.1) is 23.5 Å². The lowest BCUT2D eigenvalue weighted by Gasteiger charge is -2.40. The van der Waals surface area contributed by atoms with E-state index in [1.165, 1.54) is 11.8 Å². The molecule has 0 saturated carbocycles. The number of allylic oxidation sites excluding steroid dienone is 2. The van der Waals surface area contributed by atoms with Crippen LogP contribution in [0.2, 0.25) is 0 Å². The second kappa shape index (κ2) is 10.7. The molecular weight excluding hydrogens is 486 g/mol. The molecule has 36 heavy (non-hydrogen) atoms. The predicted octanol–water partition coefficient (Wildman–Crippen LogP) is 7.04. The number of nitrogens with one attached hydrogen (secondary N) is 2. The molecule has 3 aromatic carbocycles. The number of urea groups is 1. The van der Waals surface area contributed by atoms with Gasteiger partial charge in [0.05, 0.1) is 22.7 Å². The number of aryl methyl sites for hydroxylation is 1. The molecule has 1 heterocycles. The summed E-state index contributed by atoms with van der Waals surface area (Å²) < 4.78 is 0. The lowest BCUT2D eigenvalue weighted by atomic mass is 10.1. The summed E-state index contributed by atoms with van der Waals surface area (Å²) in [7, 11) is 0. The van der Waals surface area contributed by atoms with E-state index in [4.69, 9.17) is 0 Å². The molecule has 1 aliphatic heterocycles. The summed E-state index contributed by atoms with van der Waals surface area (Å²) >= 11 is 3.22. The Balaban J connectivity index is 1.26. The van der Waals surface area contributed by atoms with Crippen LogP contribution in [0, 0.1) is 13.8 Å². The van der Waals surface area contributed by atoms with Crippen LogP contribution in [0.1, 0.15) is 11.1 Å². The fourth-order valence-electron chi connectivity index (χ4n) is 4.29. The van der Waals surface area contributed by atoms with Crippen LogP contribution < -0.4 is 15.5 Å². The first kappa shape index (κ1) is 24.3. The third-order valence-corrected chi connectivity index (χ3v) is 8.60. The quantitative estimate of drug-likeness (QED) is 0.359. The summed E-state index contributed by atoms with van der Waals surface area (Å²) in [4.78, 5) is 29.9. The van der Waals surface area contributed by atoms with Gasteiger partial charge in [-0.3, -0.25) is 9.69 Å². The molecule has 5 rings (SSSR count). The Morgan fingerprint density at radius 1 is 0.944 bits per heavy atom. The van der Waals surface area contributed by atoms with Gasteiger partial charge in [0, 0.05) is 21.2 Å². The number of carbonyl (C=O) groups is 2. The average Bonchev–Trinajstić information content (AvgIpc) is 2.89. The highest BCUT2D eigenvalue weighted by Crippen LogP contribution is 2.43. The van der Waals surface area contributed by atoms with Gasteiger partial charge < -0.3 is 10.6 Å². The lowest BCUT2D eigenvalue weighted by Crippen LogP contribution is -2.49. The number of carbonyl (C=O) groups excluding carboxylic acids is 2. The zero-order chi connectivity index (χ0) is 25.1. The summed E-state index contributed by atoms with van der Waals surface area (Å²) in [6, 6.07) is 21.3. The number of rotatable bonds is 5. The topological polar surface area (TPSA) is 61.4 Å². The number of benzene rings is 3. The first-order valence-electron chi connectivity index (χ1n) is 11.8. The highest BCUT2D eigenvalue weighted by Gasteiger charge is 2.36. The van der Waals surface area contributed by atoms with Crippen LogP contribution in [-0.2, 0) is 4.79 Å². The van der Waals surface area contributed by atoms with Gasteiger partial charge in [0.15, 0.2) is 0 Å². The molecule has 0 bridgehead atoms. The number of amides is 3. The van der Waals surface area contributed by atoms with E-state index in [-0.39, 0.29) is 29.0 Å². The third-order valence-electron chi connectivity index (χ3n) is 6.30. The van der Waals surface area contributed by atoms with Gasteiger partial charge in [0.1, 0.15) is 0 Å². The van der Waals surface area contributed by atoms with Gasteiger partial charge in [-0.1, -0.05) is 54.6 Å². The molecule has 2 N–H and O–H groups in total. The summed E-state index contributed by atoms with van der Waals surface area (Å²) in [6.07, 6.45) is 8.26. The van der Waals surface area contributed by atoms with Gasteiger partial charge in [0.2, 0.25) is 5.91 Å².